The molecule has 3 N–H and O–H groups in total. The minimum atomic E-state index is -0.617. The number of aromatic nitrogens is 4. The molecule has 3 amide bonds. The van der Waals surface area contributed by atoms with E-state index in [2.05, 4.69) is 36.0 Å². The number of hydrogen-bond donors (Lipinski definition) is 3. The van der Waals surface area contributed by atoms with Crippen LogP contribution in [0.2, 0.25) is 10.2 Å². The number of carbonyl (C=O) groups is 2. The highest BCUT2D eigenvalue weighted by molar-refractivity contribution is 6.33. The van der Waals surface area contributed by atoms with Gasteiger partial charge < -0.3 is 15.4 Å². The van der Waals surface area contributed by atoms with Crippen LogP contribution >= 0.6 is 23.2 Å². The molecule has 11 nitrogen and oxygen atoms in total. The summed E-state index contributed by atoms with van der Waals surface area (Å²) in [6, 6.07) is 2.38. The number of nitrogens with zero attached hydrogens (tertiary/aromatic N) is 4. The lowest BCUT2D eigenvalue weighted by Crippen LogP contribution is -2.24. The summed E-state index contributed by atoms with van der Waals surface area (Å²) >= 11 is 12.0. The number of ether oxygens (including phenoxy) is 1. The van der Waals surface area contributed by atoms with Gasteiger partial charge in [-0.05, 0) is 13.0 Å². The molecule has 158 valence electrons. The lowest BCUT2D eigenvalue weighted by Gasteiger charge is -2.17. The van der Waals surface area contributed by atoms with Gasteiger partial charge in [0.15, 0.2) is 10.8 Å². The Kier molecular flexibility index (Phi) is 6.67. The standard InChI is InChI=1S/C17H17Cl2N7O4/c1-8(29-2)15-11(7-20-13-5-12(19)24-26(13)15)23-17(28)22-9-4-10(18)14(21-6-9)16(27)25-30-3/h4-8H,1-3H3,(H,25,27)(H2,22,23,28)/t8-/m0/s1. The fourth-order valence-electron chi connectivity index (χ4n) is 2.62. The average Bonchev–Trinajstić information content (AvgIpc) is 3.07. The molecular formula is C17H17Cl2N7O4. The summed E-state index contributed by atoms with van der Waals surface area (Å²) in [6.07, 6.45) is 2.33. The number of hydroxylamine groups is 1. The lowest BCUT2D eigenvalue weighted by atomic mass is 10.2. The van der Waals surface area contributed by atoms with Gasteiger partial charge in [-0.3, -0.25) is 9.63 Å². The van der Waals surface area contributed by atoms with E-state index < -0.39 is 18.0 Å². The maximum absolute atomic E-state index is 12.5. The molecule has 0 aliphatic carbocycles. The molecule has 0 fully saturated rings. The van der Waals surface area contributed by atoms with Crippen molar-refractivity contribution in [1.82, 2.24) is 25.1 Å². The van der Waals surface area contributed by atoms with Gasteiger partial charge in [0.05, 0.1) is 47.7 Å². The number of fused-ring (bicyclic) bond motifs is 1. The van der Waals surface area contributed by atoms with Crippen LogP contribution in [0.4, 0.5) is 16.2 Å². The molecule has 30 heavy (non-hydrogen) atoms. The number of rotatable bonds is 6. The summed E-state index contributed by atoms with van der Waals surface area (Å²) in [5.74, 6) is -0.617. The van der Waals surface area contributed by atoms with E-state index in [9.17, 15) is 9.59 Å². The minimum absolute atomic E-state index is 0.0327. The Balaban J connectivity index is 1.82. The largest absolute Gasteiger partial charge is 0.375 e. The second kappa shape index (κ2) is 9.22. The lowest BCUT2D eigenvalue weighted by molar-refractivity contribution is 0.0532. The molecule has 3 aromatic rings. The van der Waals surface area contributed by atoms with Crippen LogP contribution in [0.5, 0.6) is 0 Å². The Labute approximate surface area is 180 Å². The zero-order valence-electron chi connectivity index (χ0n) is 16.1. The first-order chi connectivity index (χ1) is 14.3. The number of urea groups is 1. The van der Waals surface area contributed by atoms with Crippen molar-refractivity contribution in [2.24, 2.45) is 0 Å². The molecule has 1 atom stereocenters. The highest BCUT2D eigenvalue weighted by Crippen LogP contribution is 2.26. The number of halogens is 2. The van der Waals surface area contributed by atoms with E-state index in [0.29, 0.717) is 17.0 Å². The van der Waals surface area contributed by atoms with E-state index in [1.165, 1.54) is 37.2 Å². The summed E-state index contributed by atoms with van der Waals surface area (Å²) < 4.78 is 6.88. The smallest absolute Gasteiger partial charge is 0.323 e. The molecule has 3 heterocycles. The quantitative estimate of drug-likeness (QED) is 0.488. The van der Waals surface area contributed by atoms with Crippen LogP contribution in [0.3, 0.4) is 0 Å². The minimum Gasteiger partial charge on any atom is -0.375 e. The van der Waals surface area contributed by atoms with E-state index in [1.807, 2.05) is 0 Å². The van der Waals surface area contributed by atoms with Gasteiger partial charge >= 0.3 is 6.03 Å². The summed E-state index contributed by atoms with van der Waals surface area (Å²) in [5, 5.41) is 9.74. The number of nitrogens with one attached hydrogen (secondary N) is 3. The fourth-order valence-corrected chi connectivity index (χ4v) is 3.05. The monoisotopic (exact) mass is 453 g/mol. The van der Waals surface area contributed by atoms with Crippen molar-refractivity contribution < 1.29 is 19.2 Å². The third-order valence-electron chi connectivity index (χ3n) is 3.99. The number of anilines is 2. The first-order valence-corrected chi connectivity index (χ1v) is 9.23. The van der Waals surface area contributed by atoms with Gasteiger partial charge in [0.1, 0.15) is 5.69 Å². The van der Waals surface area contributed by atoms with Crippen molar-refractivity contribution in [1.29, 1.82) is 0 Å². The Morgan fingerprint density at radius 1 is 1.13 bits per heavy atom. The van der Waals surface area contributed by atoms with Gasteiger partial charge in [-0.25, -0.2) is 24.8 Å². The Morgan fingerprint density at radius 3 is 2.57 bits per heavy atom. The van der Waals surface area contributed by atoms with Crippen molar-refractivity contribution in [3.8, 4) is 0 Å². The number of hydrogen-bond acceptors (Lipinski definition) is 7. The van der Waals surface area contributed by atoms with Gasteiger partial charge in [0.2, 0.25) is 0 Å². The van der Waals surface area contributed by atoms with Crippen molar-refractivity contribution in [2.45, 2.75) is 13.0 Å². The van der Waals surface area contributed by atoms with Crippen LogP contribution in [0.1, 0.15) is 29.2 Å². The number of methoxy groups -OCH3 is 1. The van der Waals surface area contributed by atoms with Crippen LogP contribution in [-0.2, 0) is 9.57 Å². The molecule has 0 radical (unpaired) electrons. The van der Waals surface area contributed by atoms with Gasteiger partial charge in [0, 0.05) is 13.2 Å². The summed E-state index contributed by atoms with van der Waals surface area (Å²) in [4.78, 5) is 37.0. The maximum atomic E-state index is 12.5. The van der Waals surface area contributed by atoms with Crippen molar-refractivity contribution in [3.63, 3.8) is 0 Å². The predicted molar refractivity (Wildman–Crippen MR) is 110 cm³/mol. The van der Waals surface area contributed by atoms with Gasteiger partial charge in [-0.2, -0.15) is 5.10 Å². The van der Waals surface area contributed by atoms with E-state index in [1.54, 1.807) is 13.0 Å². The number of amides is 3. The molecule has 0 unspecified atom stereocenters. The molecule has 0 saturated heterocycles. The topological polar surface area (TPSA) is 132 Å². The maximum Gasteiger partial charge on any atom is 0.323 e. The summed E-state index contributed by atoms with van der Waals surface area (Å²) in [7, 11) is 2.81. The summed E-state index contributed by atoms with van der Waals surface area (Å²) in [6.45, 7) is 1.79. The van der Waals surface area contributed by atoms with Crippen molar-refractivity contribution in [3.05, 3.63) is 46.1 Å². The highest BCUT2D eigenvalue weighted by Gasteiger charge is 2.19. The van der Waals surface area contributed by atoms with Crippen molar-refractivity contribution in [2.75, 3.05) is 24.9 Å². The Bertz CT molecular complexity index is 1110. The van der Waals surface area contributed by atoms with Gasteiger partial charge in [-0.1, -0.05) is 23.2 Å². The Morgan fingerprint density at radius 2 is 1.90 bits per heavy atom. The second-order valence-electron chi connectivity index (χ2n) is 5.94. The predicted octanol–water partition coefficient (Wildman–Crippen LogP) is 3.07. The Hall–Kier alpha value is -2.99. The molecule has 0 aliphatic heterocycles. The van der Waals surface area contributed by atoms with E-state index in [-0.39, 0.29) is 21.6 Å². The number of pyridine rings is 1. The molecule has 3 rings (SSSR count). The van der Waals surface area contributed by atoms with Crippen LogP contribution in [0.25, 0.3) is 5.65 Å². The normalized spacial score (nSPS) is 11.9. The zero-order valence-corrected chi connectivity index (χ0v) is 17.6. The van der Waals surface area contributed by atoms with Crippen molar-refractivity contribution >= 4 is 52.2 Å². The molecule has 0 aromatic carbocycles. The second-order valence-corrected chi connectivity index (χ2v) is 6.74. The summed E-state index contributed by atoms with van der Waals surface area (Å²) in [5.41, 5.74) is 3.75. The number of carbonyl (C=O) groups excluding carboxylic acids is 2. The SMILES string of the molecule is CONC(=O)c1ncc(NC(=O)Nc2cnc3cc(Cl)nn3c2[C@H](C)OC)cc1Cl. The average molecular weight is 454 g/mol. The van der Waals surface area contributed by atoms with Crippen LogP contribution in [-0.4, -0.2) is 45.7 Å². The first-order valence-electron chi connectivity index (χ1n) is 8.48. The van der Waals surface area contributed by atoms with Crippen LogP contribution in [0.15, 0.2) is 24.5 Å². The van der Waals surface area contributed by atoms with Gasteiger partial charge in [-0.15, -0.1) is 0 Å². The van der Waals surface area contributed by atoms with E-state index in [0.717, 1.165) is 0 Å². The molecule has 0 spiro atoms. The van der Waals surface area contributed by atoms with E-state index in [4.69, 9.17) is 27.9 Å². The molecule has 0 saturated carbocycles. The first kappa shape index (κ1) is 21.7. The zero-order chi connectivity index (χ0) is 21.8. The fraction of sp³-hybridized carbons (Fsp3) is 0.235. The molecule has 0 bridgehead atoms. The van der Waals surface area contributed by atoms with E-state index >= 15 is 0 Å². The third kappa shape index (κ3) is 4.60. The molecular weight excluding hydrogens is 437 g/mol. The molecule has 3 aromatic heterocycles. The highest BCUT2D eigenvalue weighted by atomic mass is 35.5. The van der Waals surface area contributed by atoms with Crippen LogP contribution in [0, 0.1) is 0 Å². The third-order valence-corrected chi connectivity index (χ3v) is 4.46. The molecule has 0 aliphatic rings. The van der Waals surface area contributed by atoms with Gasteiger partial charge in [0.25, 0.3) is 5.91 Å². The van der Waals surface area contributed by atoms with Crippen LogP contribution < -0.4 is 16.1 Å². The molecule has 13 heteroatoms.